The van der Waals surface area contributed by atoms with Crippen LogP contribution < -0.4 is 9.47 Å². The third-order valence-electron chi connectivity index (χ3n) is 4.42. The molecule has 0 radical (unpaired) electrons. The predicted molar refractivity (Wildman–Crippen MR) is 72.6 cm³/mol. The van der Waals surface area contributed by atoms with E-state index in [9.17, 15) is 0 Å². The van der Waals surface area contributed by atoms with Crippen molar-refractivity contribution in [3.63, 3.8) is 0 Å². The number of methoxy groups -OCH3 is 2. The van der Waals surface area contributed by atoms with Crippen molar-refractivity contribution in [2.45, 2.75) is 38.5 Å². The zero-order valence-corrected chi connectivity index (χ0v) is 11.5. The van der Waals surface area contributed by atoms with Gasteiger partial charge in [0, 0.05) is 23.0 Å². The van der Waals surface area contributed by atoms with Gasteiger partial charge in [0.05, 0.1) is 14.2 Å². The van der Waals surface area contributed by atoms with E-state index in [0.717, 1.165) is 11.5 Å². The van der Waals surface area contributed by atoms with Crippen LogP contribution in [0.5, 0.6) is 11.5 Å². The van der Waals surface area contributed by atoms with Gasteiger partial charge in [0.25, 0.3) is 0 Å². The van der Waals surface area contributed by atoms with Gasteiger partial charge >= 0.3 is 0 Å². The highest BCUT2D eigenvalue weighted by Gasteiger charge is 2.45. The van der Waals surface area contributed by atoms with E-state index in [-0.39, 0.29) is 0 Å². The van der Waals surface area contributed by atoms with E-state index in [1.54, 1.807) is 19.8 Å². The smallest absolute Gasteiger partial charge is 0.123 e. The Kier molecular flexibility index (Phi) is 2.61. The normalized spacial score (nSPS) is 24.1. The standard InChI is InChI=1S/C16H20O2/c1-9(2)14-10-5-6-11(14)16-13(18-4)8-7-12(17-3)15(10)16/h7-8,10-11H,5-6H2,1-4H3/t10-,11+. The molecule has 0 unspecified atom stereocenters. The van der Waals surface area contributed by atoms with Gasteiger partial charge in [-0.1, -0.05) is 11.1 Å². The average molecular weight is 244 g/mol. The van der Waals surface area contributed by atoms with E-state index in [0.29, 0.717) is 11.8 Å². The Hall–Kier alpha value is -1.44. The molecule has 1 saturated carbocycles. The molecular weight excluding hydrogens is 224 g/mol. The molecule has 0 N–H and O–H groups in total. The van der Waals surface area contributed by atoms with E-state index >= 15 is 0 Å². The van der Waals surface area contributed by atoms with Gasteiger partial charge in [-0.3, -0.25) is 0 Å². The average Bonchev–Trinajstić information content (AvgIpc) is 2.94. The molecular formula is C16H20O2. The first-order valence-corrected chi connectivity index (χ1v) is 6.61. The molecule has 18 heavy (non-hydrogen) atoms. The summed E-state index contributed by atoms with van der Waals surface area (Å²) in [4.78, 5) is 0. The number of ether oxygens (including phenoxy) is 2. The van der Waals surface area contributed by atoms with Gasteiger partial charge in [0.1, 0.15) is 11.5 Å². The van der Waals surface area contributed by atoms with Crippen molar-refractivity contribution >= 4 is 0 Å². The molecule has 2 aliphatic carbocycles. The van der Waals surface area contributed by atoms with Gasteiger partial charge in [-0.15, -0.1) is 0 Å². The summed E-state index contributed by atoms with van der Waals surface area (Å²) >= 11 is 0. The summed E-state index contributed by atoms with van der Waals surface area (Å²) in [7, 11) is 3.52. The molecule has 0 heterocycles. The molecule has 0 aromatic heterocycles. The van der Waals surface area contributed by atoms with Gasteiger partial charge in [-0.25, -0.2) is 0 Å². The third-order valence-corrected chi connectivity index (χ3v) is 4.42. The van der Waals surface area contributed by atoms with Crippen molar-refractivity contribution < 1.29 is 9.47 Å². The monoisotopic (exact) mass is 244 g/mol. The maximum absolute atomic E-state index is 5.56. The lowest BCUT2D eigenvalue weighted by atomic mass is 9.90. The minimum atomic E-state index is 0.556. The summed E-state index contributed by atoms with van der Waals surface area (Å²) in [6.45, 7) is 4.46. The second-order valence-electron chi connectivity index (χ2n) is 5.44. The van der Waals surface area contributed by atoms with Crippen molar-refractivity contribution in [1.82, 2.24) is 0 Å². The van der Waals surface area contributed by atoms with Crippen LogP contribution in [0.15, 0.2) is 23.3 Å². The lowest BCUT2D eigenvalue weighted by molar-refractivity contribution is 0.391. The maximum Gasteiger partial charge on any atom is 0.123 e. The Balaban J connectivity index is 2.27. The fourth-order valence-corrected chi connectivity index (χ4v) is 3.86. The van der Waals surface area contributed by atoms with E-state index in [4.69, 9.17) is 9.47 Å². The topological polar surface area (TPSA) is 18.5 Å². The fraction of sp³-hybridized carbons (Fsp3) is 0.500. The molecule has 2 nitrogen and oxygen atoms in total. The summed E-state index contributed by atoms with van der Waals surface area (Å²) in [6, 6.07) is 4.09. The van der Waals surface area contributed by atoms with Crippen LogP contribution in [0, 0.1) is 0 Å². The Morgan fingerprint density at radius 2 is 1.39 bits per heavy atom. The highest BCUT2D eigenvalue weighted by Crippen LogP contribution is 2.62. The largest absolute Gasteiger partial charge is 0.496 e. The lowest BCUT2D eigenvalue weighted by Gasteiger charge is -2.20. The van der Waals surface area contributed by atoms with E-state index < -0.39 is 0 Å². The highest BCUT2D eigenvalue weighted by atomic mass is 16.5. The highest BCUT2D eigenvalue weighted by molar-refractivity contribution is 5.64. The summed E-state index contributed by atoms with van der Waals surface area (Å²) in [5.74, 6) is 3.16. The second kappa shape index (κ2) is 4.04. The minimum absolute atomic E-state index is 0.556. The predicted octanol–water partition coefficient (Wildman–Crippen LogP) is 4.01. The number of fused-ring (bicyclic) bond motifs is 5. The molecule has 2 atom stereocenters. The van der Waals surface area contributed by atoms with Crippen LogP contribution in [0.2, 0.25) is 0 Å². The zero-order valence-electron chi connectivity index (χ0n) is 11.5. The molecule has 0 aliphatic heterocycles. The quantitative estimate of drug-likeness (QED) is 0.732. The zero-order chi connectivity index (χ0) is 12.9. The fourth-order valence-electron chi connectivity index (χ4n) is 3.86. The Morgan fingerprint density at radius 1 is 0.944 bits per heavy atom. The van der Waals surface area contributed by atoms with Crippen LogP contribution in [0.4, 0.5) is 0 Å². The SMILES string of the molecule is COc1ccc(OC)c2c1[C@@H]1CC[C@H]2C1=C(C)C. The van der Waals surface area contributed by atoms with Gasteiger partial charge < -0.3 is 9.47 Å². The van der Waals surface area contributed by atoms with Crippen LogP contribution in [-0.4, -0.2) is 14.2 Å². The van der Waals surface area contributed by atoms with Crippen LogP contribution in [-0.2, 0) is 0 Å². The molecule has 2 heteroatoms. The molecule has 1 aromatic carbocycles. The molecule has 2 aliphatic rings. The van der Waals surface area contributed by atoms with Crippen molar-refractivity contribution in [2.24, 2.45) is 0 Å². The number of benzene rings is 1. The summed E-state index contributed by atoms with van der Waals surface area (Å²) < 4.78 is 11.1. The lowest BCUT2D eigenvalue weighted by Crippen LogP contribution is -2.03. The van der Waals surface area contributed by atoms with Gasteiger partial charge in [-0.2, -0.15) is 0 Å². The Bertz CT molecular complexity index is 483. The number of hydrogen-bond donors (Lipinski definition) is 0. The van der Waals surface area contributed by atoms with E-state index in [2.05, 4.69) is 13.8 Å². The van der Waals surface area contributed by atoms with Crippen LogP contribution in [0.1, 0.15) is 49.7 Å². The minimum Gasteiger partial charge on any atom is -0.496 e. The third kappa shape index (κ3) is 1.35. The molecule has 96 valence electrons. The van der Waals surface area contributed by atoms with Crippen molar-refractivity contribution in [3.05, 3.63) is 34.4 Å². The summed E-state index contributed by atoms with van der Waals surface area (Å²) in [6.07, 6.45) is 2.50. The summed E-state index contributed by atoms with van der Waals surface area (Å²) in [5.41, 5.74) is 5.82. The second-order valence-corrected chi connectivity index (χ2v) is 5.44. The molecule has 0 saturated heterocycles. The molecule has 3 rings (SSSR count). The summed E-state index contributed by atoms with van der Waals surface area (Å²) in [5, 5.41) is 0. The molecule has 0 amide bonds. The molecule has 0 spiro atoms. The number of hydrogen-bond acceptors (Lipinski definition) is 2. The van der Waals surface area contributed by atoms with Gasteiger partial charge in [-0.05, 0) is 38.8 Å². The Labute approximate surface area is 109 Å². The van der Waals surface area contributed by atoms with E-state index in [1.165, 1.54) is 29.5 Å². The number of allylic oxidation sites excluding steroid dienone is 2. The van der Waals surface area contributed by atoms with Gasteiger partial charge in [0.2, 0.25) is 0 Å². The maximum atomic E-state index is 5.56. The molecule has 1 aromatic rings. The first kappa shape index (κ1) is 11.6. The van der Waals surface area contributed by atoms with Crippen molar-refractivity contribution in [3.8, 4) is 11.5 Å². The van der Waals surface area contributed by atoms with Crippen LogP contribution >= 0.6 is 0 Å². The van der Waals surface area contributed by atoms with Crippen molar-refractivity contribution in [1.29, 1.82) is 0 Å². The Morgan fingerprint density at radius 3 is 1.72 bits per heavy atom. The van der Waals surface area contributed by atoms with Crippen LogP contribution in [0.3, 0.4) is 0 Å². The van der Waals surface area contributed by atoms with Gasteiger partial charge in [0.15, 0.2) is 0 Å². The van der Waals surface area contributed by atoms with Crippen LogP contribution in [0.25, 0.3) is 0 Å². The first-order chi connectivity index (χ1) is 8.69. The number of rotatable bonds is 2. The first-order valence-electron chi connectivity index (χ1n) is 6.61. The van der Waals surface area contributed by atoms with E-state index in [1.807, 2.05) is 12.1 Å². The molecule has 1 fully saturated rings. The molecule has 2 bridgehead atoms. The van der Waals surface area contributed by atoms with Crippen molar-refractivity contribution in [2.75, 3.05) is 14.2 Å².